The highest BCUT2D eigenvalue weighted by Crippen LogP contribution is 2.52. The fraction of sp³-hybridized carbons (Fsp3) is 0.200. The van der Waals surface area contributed by atoms with Crippen molar-refractivity contribution in [1.29, 1.82) is 0 Å². The number of methoxy groups -OCH3 is 1. The summed E-state index contributed by atoms with van der Waals surface area (Å²) in [6.45, 7) is 0. The van der Waals surface area contributed by atoms with Crippen LogP contribution in [0.4, 0.5) is 17.6 Å². The molecule has 0 fully saturated rings. The lowest BCUT2D eigenvalue weighted by molar-refractivity contribution is -0.274. The predicted octanol–water partition coefficient (Wildman–Crippen LogP) is 7.23. The number of halogens is 5. The average molecular weight is 1020 g/mol. The van der Waals surface area contributed by atoms with Gasteiger partial charge in [0.05, 0.1) is 7.11 Å². The van der Waals surface area contributed by atoms with E-state index in [9.17, 15) is 27.2 Å². The van der Waals surface area contributed by atoms with Crippen molar-refractivity contribution in [3.63, 3.8) is 0 Å². The minimum Gasteiger partial charge on any atom is -0.494 e. The Kier molecular flexibility index (Phi) is 13.7. The number of aliphatic imine (C=N–C) groups is 2. The number of guanidine groups is 2. The summed E-state index contributed by atoms with van der Waals surface area (Å²) in [6, 6.07) is 39.5. The molecule has 0 saturated heterocycles. The Hall–Kier alpha value is -7.42. The second-order valence-electron chi connectivity index (χ2n) is 16.5. The zero-order valence-electron chi connectivity index (χ0n) is 37.6. The third kappa shape index (κ3) is 9.74. The molecule has 0 aromatic heterocycles. The van der Waals surface area contributed by atoms with E-state index in [0.29, 0.717) is 34.6 Å². The summed E-state index contributed by atoms with van der Waals surface area (Å²) in [5, 5.41) is 17.4. The zero-order valence-corrected chi connectivity index (χ0v) is 39.2. The van der Waals surface area contributed by atoms with Crippen molar-refractivity contribution in [2.24, 2.45) is 21.5 Å². The summed E-state index contributed by atoms with van der Waals surface area (Å²) >= 11 is 3.47. The largest absolute Gasteiger partial charge is 0.573 e. The van der Waals surface area contributed by atoms with Gasteiger partial charge in [0.2, 0.25) is 0 Å². The van der Waals surface area contributed by atoms with Gasteiger partial charge >= 0.3 is 13.5 Å². The highest BCUT2D eigenvalue weighted by atomic mass is 79.9. The van der Waals surface area contributed by atoms with Crippen LogP contribution in [-0.2, 0) is 20.7 Å². The van der Waals surface area contributed by atoms with Crippen LogP contribution in [0.15, 0.2) is 154 Å². The van der Waals surface area contributed by atoms with Crippen LogP contribution < -0.4 is 35.9 Å². The molecule has 0 aliphatic carbocycles. The van der Waals surface area contributed by atoms with Gasteiger partial charge in [-0.05, 0) is 82.3 Å². The maximum absolute atomic E-state index is 13.4. The van der Waals surface area contributed by atoms with E-state index in [1.807, 2.05) is 78.9 Å². The molecule has 6 N–H and O–H groups in total. The van der Waals surface area contributed by atoms with Crippen LogP contribution in [0, 0.1) is 5.82 Å². The molecule has 4 heterocycles. The van der Waals surface area contributed by atoms with Crippen molar-refractivity contribution in [3.05, 3.63) is 172 Å². The molecule has 0 radical (unpaired) electrons. The van der Waals surface area contributed by atoms with Gasteiger partial charge in [-0.1, -0.05) is 101 Å². The lowest BCUT2D eigenvalue weighted by Gasteiger charge is -2.37. The molecule has 6 aromatic carbocycles. The number of likely N-dealkylation sites (N-methyl/N-ethyl adjacent to an activating group) is 2. The number of nitrogens with zero attached hydrogens (tertiary/aromatic N) is 4. The van der Waals surface area contributed by atoms with Crippen molar-refractivity contribution >= 4 is 52.2 Å². The van der Waals surface area contributed by atoms with Crippen molar-refractivity contribution < 1.29 is 56.1 Å². The number of carbonyl (C=O) groups is 2. The van der Waals surface area contributed by atoms with Crippen LogP contribution in [0.3, 0.4) is 0 Å². The first-order chi connectivity index (χ1) is 33.3. The van der Waals surface area contributed by atoms with E-state index in [-0.39, 0.29) is 53.2 Å². The van der Waals surface area contributed by atoms with Gasteiger partial charge < -0.3 is 40.5 Å². The summed E-state index contributed by atoms with van der Waals surface area (Å²) in [5.41, 5.74) is 14.1. The molecule has 20 heteroatoms. The predicted molar refractivity (Wildman–Crippen MR) is 256 cm³/mol. The van der Waals surface area contributed by atoms with Gasteiger partial charge in [0.1, 0.15) is 29.5 Å². The third-order valence-electron chi connectivity index (χ3n) is 12.1. The monoisotopic (exact) mass is 1020 g/mol. The number of benzene rings is 6. The van der Waals surface area contributed by atoms with E-state index in [2.05, 4.69) is 35.4 Å². The highest BCUT2D eigenvalue weighted by Gasteiger charge is 2.55. The normalized spacial score (nSPS) is 20.9. The number of fused-ring (bicyclic) bond motifs is 4. The highest BCUT2D eigenvalue weighted by molar-refractivity contribution is 9.10. The molecule has 0 saturated carbocycles. The van der Waals surface area contributed by atoms with E-state index < -0.39 is 36.5 Å². The SMILES string of the molecule is CN1C(=O)C2(CC(c3ccccc3)Oc3ccc(-c4cccc(OC(F)(F)F)c4)cc32)N=C1N.CN1C(=O)C2(CC(c3ccccc3)Oc3ccc(Br)cc32)N=C1N.COc1cc(B(O)O)ccc1F. The van der Waals surface area contributed by atoms with Crippen LogP contribution in [0.25, 0.3) is 11.1 Å². The first kappa shape index (κ1) is 49.0. The Balaban J connectivity index is 0.000000158. The Morgan fingerprint density at radius 3 is 1.70 bits per heavy atom. The van der Waals surface area contributed by atoms with Gasteiger partial charge in [-0.3, -0.25) is 19.4 Å². The second kappa shape index (κ2) is 19.5. The van der Waals surface area contributed by atoms with Gasteiger partial charge in [0.25, 0.3) is 11.8 Å². The van der Waals surface area contributed by atoms with E-state index in [1.54, 1.807) is 38.4 Å². The van der Waals surface area contributed by atoms with Crippen molar-refractivity contribution in [1.82, 2.24) is 9.80 Å². The molecule has 360 valence electrons. The number of amides is 2. The lowest BCUT2D eigenvalue weighted by atomic mass is 9.79. The number of hydrogen-bond donors (Lipinski definition) is 4. The number of alkyl halides is 3. The molecule has 4 aliphatic heterocycles. The van der Waals surface area contributed by atoms with Crippen LogP contribution in [0.2, 0.25) is 0 Å². The Morgan fingerprint density at radius 1 is 0.700 bits per heavy atom. The summed E-state index contributed by atoms with van der Waals surface area (Å²) in [5.74, 6) is 0.185. The van der Waals surface area contributed by atoms with Gasteiger partial charge in [-0.2, -0.15) is 0 Å². The molecule has 0 bridgehead atoms. The van der Waals surface area contributed by atoms with Gasteiger partial charge in [-0.25, -0.2) is 14.4 Å². The van der Waals surface area contributed by atoms with E-state index >= 15 is 0 Å². The van der Waals surface area contributed by atoms with Crippen molar-refractivity contribution in [3.8, 4) is 34.1 Å². The molecule has 4 aliphatic rings. The maximum atomic E-state index is 13.4. The topological polar surface area (TPSA) is 195 Å². The minimum absolute atomic E-state index is 0.000556. The van der Waals surface area contributed by atoms with Gasteiger partial charge in [0.15, 0.2) is 34.6 Å². The van der Waals surface area contributed by atoms with Crippen LogP contribution >= 0.6 is 15.9 Å². The molecule has 4 atom stereocenters. The maximum Gasteiger partial charge on any atom is 0.573 e. The molecule has 10 rings (SSSR count). The smallest absolute Gasteiger partial charge is 0.494 e. The van der Waals surface area contributed by atoms with Gasteiger partial charge in [0, 0.05) is 42.5 Å². The molecule has 14 nitrogen and oxygen atoms in total. The molecule has 4 unspecified atom stereocenters. The van der Waals surface area contributed by atoms with Crippen molar-refractivity contribution in [2.45, 2.75) is 42.5 Å². The quantitative estimate of drug-likeness (QED) is 0.0977. The number of carbonyl (C=O) groups excluding carboxylic acids is 2. The standard InChI is InChI=1S/C25H20F3N3O3.C18H16BrN3O2.C7H8BFO3/c1-31-22(32)24(30-23(31)29)14-21(15-6-3-2-4-7-15)33-20-11-10-17(13-19(20)24)16-8-5-9-18(12-16)34-25(26,27)28;1-22-16(23)18(21-17(22)20)10-15(11-5-3-2-4-6-11)24-14-8-7-12(19)9-13(14)18;1-12-7-4-5(8(10)11)2-3-6(7)9/h2-13,21H,14H2,1H3,(H2,29,30);2-9,15H,10H2,1H3,(H2,20,21);2-4,10-11H,1H3. The van der Waals surface area contributed by atoms with E-state index in [1.165, 1.54) is 47.2 Å². The van der Waals surface area contributed by atoms with Crippen LogP contribution in [0.1, 0.15) is 47.3 Å². The number of hydrogen-bond acceptors (Lipinski definition) is 12. The summed E-state index contributed by atoms with van der Waals surface area (Å²) < 4.78 is 72.8. The fourth-order valence-corrected chi connectivity index (χ4v) is 9.00. The lowest BCUT2D eigenvalue weighted by Crippen LogP contribution is -2.43. The minimum atomic E-state index is -4.80. The average Bonchev–Trinajstić information content (AvgIpc) is 3.69. The first-order valence-corrected chi connectivity index (χ1v) is 22.3. The second-order valence-corrected chi connectivity index (χ2v) is 17.4. The molecule has 2 spiro atoms. The number of nitrogens with two attached hydrogens (primary N) is 2. The summed E-state index contributed by atoms with van der Waals surface area (Å²) in [4.78, 5) is 38.3. The first-order valence-electron chi connectivity index (χ1n) is 21.5. The van der Waals surface area contributed by atoms with Crippen LogP contribution in [0.5, 0.6) is 23.0 Å². The third-order valence-corrected chi connectivity index (χ3v) is 12.6. The summed E-state index contributed by atoms with van der Waals surface area (Å²) in [6.07, 6.45) is -4.84. The molecular weight excluding hydrogens is 979 g/mol. The van der Waals surface area contributed by atoms with E-state index in [4.69, 9.17) is 31.0 Å². The Morgan fingerprint density at radius 2 is 1.21 bits per heavy atom. The van der Waals surface area contributed by atoms with Crippen molar-refractivity contribution in [2.75, 3.05) is 21.2 Å². The fourth-order valence-electron chi connectivity index (χ4n) is 8.64. The number of ether oxygens (including phenoxy) is 4. The van der Waals surface area contributed by atoms with E-state index in [0.717, 1.165) is 27.2 Å². The molecular formula is C50H44BBrF4N6O8. The number of rotatable bonds is 6. The molecule has 6 aromatic rings. The molecule has 2 amide bonds. The zero-order chi connectivity index (χ0) is 50.1. The van der Waals surface area contributed by atoms with Gasteiger partial charge in [-0.15, -0.1) is 13.2 Å². The molecule has 70 heavy (non-hydrogen) atoms. The van der Waals surface area contributed by atoms with Crippen LogP contribution in [-0.4, -0.2) is 78.3 Å². The Labute approximate surface area is 408 Å². The summed E-state index contributed by atoms with van der Waals surface area (Å²) in [7, 11) is 2.93. The Bertz CT molecular complexity index is 3010.